The molecule has 6 aromatic rings. The summed E-state index contributed by atoms with van der Waals surface area (Å²) >= 11 is 0. The fourth-order valence-electron chi connectivity index (χ4n) is 7.56. The number of allylic oxidation sites excluding steroid dienone is 9. The van der Waals surface area contributed by atoms with Gasteiger partial charge in [0, 0.05) is 12.6 Å². The fraction of sp³-hybridized carbons (Fsp3) is 0.146. The van der Waals surface area contributed by atoms with Crippen molar-refractivity contribution in [3.63, 3.8) is 0 Å². The van der Waals surface area contributed by atoms with Crippen LogP contribution in [0.5, 0.6) is 0 Å². The molecule has 1 heterocycles. The van der Waals surface area contributed by atoms with Gasteiger partial charge in [-0.2, -0.15) is 0 Å². The molecule has 0 saturated heterocycles. The number of pyridine rings is 1. The molecule has 0 atom stereocenters. The normalized spacial score (nSPS) is 15.2. The summed E-state index contributed by atoms with van der Waals surface area (Å²) < 4.78 is 0. The molecule has 49 heavy (non-hydrogen) atoms. The Kier molecular flexibility index (Phi) is 8.74. The topological polar surface area (TPSA) is 12.9 Å². The van der Waals surface area contributed by atoms with Crippen molar-refractivity contribution in [1.29, 1.82) is 0 Å². The largest absolute Gasteiger partial charge is 0.260 e. The zero-order chi connectivity index (χ0) is 33.0. The Labute approximate surface area is 290 Å². The molecule has 1 aromatic heterocycles. The second-order valence-electron chi connectivity index (χ2n) is 13.2. The van der Waals surface area contributed by atoms with Crippen LogP contribution in [0.1, 0.15) is 66.1 Å². The number of nitrogens with zero attached hydrogens (tertiary/aromatic N) is 1. The van der Waals surface area contributed by atoms with E-state index in [-0.39, 0.29) is 0 Å². The Morgan fingerprint density at radius 3 is 2.12 bits per heavy atom. The highest BCUT2D eigenvalue weighted by molar-refractivity contribution is 6.19. The molecule has 0 N–H and O–H groups in total. The monoisotopic (exact) mass is 631 g/mol. The predicted molar refractivity (Wildman–Crippen MR) is 210 cm³/mol. The van der Waals surface area contributed by atoms with Crippen LogP contribution < -0.4 is 0 Å². The number of hydrogen-bond donors (Lipinski definition) is 0. The summed E-state index contributed by atoms with van der Waals surface area (Å²) in [4.78, 5) is 4.66. The minimum absolute atomic E-state index is 0.860. The van der Waals surface area contributed by atoms with Gasteiger partial charge in [-0.1, -0.05) is 159 Å². The maximum atomic E-state index is 4.66. The van der Waals surface area contributed by atoms with Gasteiger partial charge in [0.05, 0.1) is 5.69 Å². The Morgan fingerprint density at radius 1 is 0.694 bits per heavy atom. The summed E-state index contributed by atoms with van der Waals surface area (Å²) in [5, 5.41) is 5.25. The molecule has 0 aliphatic heterocycles. The third-order valence-electron chi connectivity index (χ3n) is 9.95. The Balaban J connectivity index is 1.15. The fourth-order valence-corrected chi connectivity index (χ4v) is 7.56. The van der Waals surface area contributed by atoms with Crippen LogP contribution in [0.3, 0.4) is 0 Å². The molecule has 8 rings (SSSR count). The number of unbranched alkanes of at least 4 members (excludes halogenated alkanes) is 1. The molecule has 0 fully saturated rings. The van der Waals surface area contributed by atoms with E-state index in [2.05, 4.69) is 158 Å². The molecule has 0 bridgehead atoms. The first-order valence-corrected chi connectivity index (χ1v) is 17.8. The van der Waals surface area contributed by atoms with E-state index in [1.165, 1.54) is 77.2 Å². The van der Waals surface area contributed by atoms with E-state index in [1.807, 2.05) is 12.3 Å². The highest BCUT2D eigenvalue weighted by Crippen LogP contribution is 2.43. The third-order valence-corrected chi connectivity index (χ3v) is 9.95. The van der Waals surface area contributed by atoms with E-state index >= 15 is 0 Å². The van der Waals surface area contributed by atoms with Gasteiger partial charge in [0.25, 0.3) is 0 Å². The van der Waals surface area contributed by atoms with Crippen molar-refractivity contribution >= 4 is 38.8 Å². The van der Waals surface area contributed by atoms with Crippen molar-refractivity contribution in [2.24, 2.45) is 0 Å². The number of fused-ring (bicyclic) bond motifs is 3. The van der Waals surface area contributed by atoms with E-state index in [1.54, 1.807) is 0 Å². The summed E-state index contributed by atoms with van der Waals surface area (Å²) in [7, 11) is 0. The molecule has 2 aliphatic carbocycles. The molecule has 0 spiro atoms. The number of hydrogen-bond acceptors (Lipinski definition) is 1. The molecule has 1 nitrogen and oxygen atoms in total. The van der Waals surface area contributed by atoms with Gasteiger partial charge >= 0.3 is 0 Å². The number of aromatic nitrogens is 1. The quantitative estimate of drug-likeness (QED) is 0.152. The van der Waals surface area contributed by atoms with Crippen molar-refractivity contribution in [2.75, 3.05) is 0 Å². The molecular formula is C48H41N. The van der Waals surface area contributed by atoms with Crippen LogP contribution in [-0.4, -0.2) is 4.98 Å². The molecule has 0 saturated carbocycles. The highest BCUT2D eigenvalue weighted by atomic mass is 14.7. The average molecular weight is 632 g/mol. The predicted octanol–water partition coefficient (Wildman–Crippen LogP) is 12.8. The molecule has 238 valence electrons. The van der Waals surface area contributed by atoms with Crippen LogP contribution in [0.2, 0.25) is 0 Å². The second kappa shape index (κ2) is 13.9. The first-order chi connectivity index (χ1) is 24.3. The van der Waals surface area contributed by atoms with E-state index in [0.717, 1.165) is 44.2 Å². The summed E-state index contributed by atoms with van der Waals surface area (Å²) in [6, 6.07) is 40.3. The lowest BCUT2D eigenvalue weighted by molar-refractivity contribution is 0.959. The minimum atomic E-state index is 0.860. The van der Waals surface area contributed by atoms with Gasteiger partial charge in [-0.3, -0.25) is 4.98 Å². The summed E-state index contributed by atoms with van der Waals surface area (Å²) in [6.45, 7) is 2.25. The zero-order valence-electron chi connectivity index (χ0n) is 28.2. The molecule has 0 amide bonds. The van der Waals surface area contributed by atoms with E-state index in [9.17, 15) is 0 Å². The van der Waals surface area contributed by atoms with Crippen LogP contribution in [0.4, 0.5) is 0 Å². The SMILES string of the molecule is CCC/C=C(\C=C1\C=Cc2cccnc2C1)c1ccccc1Cc1ccc(-c2c3ccccc3c(C3=CCCC=C3)c3ccccc23)cc1. The third kappa shape index (κ3) is 6.25. The van der Waals surface area contributed by atoms with Gasteiger partial charge in [0.2, 0.25) is 0 Å². The van der Waals surface area contributed by atoms with Gasteiger partial charge in [-0.25, -0.2) is 0 Å². The van der Waals surface area contributed by atoms with Gasteiger partial charge < -0.3 is 0 Å². The van der Waals surface area contributed by atoms with Crippen LogP contribution in [0.15, 0.2) is 157 Å². The molecule has 0 unspecified atom stereocenters. The minimum Gasteiger partial charge on any atom is -0.260 e. The molecular weight excluding hydrogens is 591 g/mol. The standard InChI is InChI=1S/C48H41N/c1-2-3-14-39(32-35-26-27-36-18-13-30-49-46(36)33-35)41-19-8-7-17-40(41)31-34-24-28-38(29-25-34)48-44-22-11-9-20-42(44)47(37-15-5-4-6-16-37)43-21-10-12-23-45(43)48/h5,7-30,32H,2-4,6,31,33H2,1H3/b35-32-,39-14+. The smallest absolute Gasteiger partial charge is 0.0519 e. The van der Waals surface area contributed by atoms with E-state index in [0.29, 0.717) is 0 Å². The molecule has 5 aromatic carbocycles. The maximum absolute atomic E-state index is 4.66. The van der Waals surface area contributed by atoms with Gasteiger partial charge in [-0.15, -0.1) is 0 Å². The van der Waals surface area contributed by atoms with Crippen LogP contribution in [0, 0.1) is 0 Å². The lowest BCUT2D eigenvalue weighted by atomic mass is 9.84. The summed E-state index contributed by atoms with van der Waals surface area (Å²) in [5.74, 6) is 0. The second-order valence-corrected chi connectivity index (χ2v) is 13.2. The molecule has 1 heteroatoms. The van der Waals surface area contributed by atoms with Crippen molar-refractivity contribution in [1.82, 2.24) is 4.98 Å². The van der Waals surface area contributed by atoms with Crippen LogP contribution >= 0.6 is 0 Å². The van der Waals surface area contributed by atoms with Crippen LogP contribution in [0.25, 0.3) is 49.9 Å². The van der Waals surface area contributed by atoms with E-state index < -0.39 is 0 Å². The number of benzene rings is 5. The highest BCUT2D eigenvalue weighted by Gasteiger charge is 2.18. The van der Waals surface area contributed by atoms with Crippen LogP contribution in [-0.2, 0) is 12.8 Å². The van der Waals surface area contributed by atoms with E-state index in [4.69, 9.17) is 0 Å². The number of rotatable bonds is 8. The Hall–Kier alpha value is -5.53. The first kappa shape index (κ1) is 30.8. The average Bonchev–Trinajstić information content (AvgIpc) is 3.16. The van der Waals surface area contributed by atoms with Crippen molar-refractivity contribution < 1.29 is 0 Å². The lowest BCUT2D eigenvalue weighted by Gasteiger charge is -2.19. The van der Waals surface area contributed by atoms with Crippen molar-refractivity contribution in [3.05, 3.63) is 191 Å². The van der Waals surface area contributed by atoms with Gasteiger partial charge in [0.1, 0.15) is 0 Å². The zero-order valence-corrected chi connectivity index (χ0v) is 28.2. The maximum Gasteiger partial charge on any atom is 0.0519 e. The van der Waals surface area contributed by atoms with Gasteiger partial charge in [-0.05, 0) is 109 Å². The lowest BCUT2D eigenvalue weighted by Crippen LogP contribution is -2.01. The van der Waals surface area contributed by atoms with Crippen molar-refractivity contribution in [3.8, 4) is 11.1 Å². The summed E-state index contributed by atoms with van der Waals surface area (Å²) in [5.41, 5.74) is 14.2. The first-order valence-electron chi connectivity index (χ1n) is 17.8. The molecule has 2 aliphatic rings. The Bertz CT molecular complexity index is 2270. The molecule has 0 radical (unpaired) electrons. The van der Waals surface area contributed by atoms with Crippen molar-refractivity contribution in [2.45, 2.75) is 45.4 Å². The van der Waals surface area contributed by atoms with Gasteiger partial charge in [0.15, 0.2) is 0 Å². The Morgan fingerprint density at radius 2 is 1.41 bits per heavy atom. The summed E-state index contributed by atoms with van der Waals surface area (Å²) in [6.07, 6.45) is 24.3.